The lowest BCUT2D eigenvalue weighted by molar-refractivity contribution is 0.102. The van der Waals surface area contributed by atoms with Gasteiger partial charge in [0.25, 0.3) is 5.91 Å². The number of carbonyl (C=O) groups excluding carboxylic acids is 1. The molecule has 1 aliphatic heterocycles. The van der Waals surface area contributed by atoms with Gasteiger partial charge in [0.2, 0.25) is 10.0 Å². The Bertz CT molecular complexity index is 985. The van der Waals surface area contributed by atoms with E-state index in [1.807, 2.05) is 24.3 Å². The van der Waals surface area contributed by atoms with Gasteiger partial charge in [-0.1, -0.05) is 26.0 Å². The van der Waals surface area contributed by atoms with Crippen LogP contribution in [0.15, 0.2) is 42.5 Å². The van der Waals surface area contributed by atoms with Crippen LogP contribution in [0.1, 0.15) is 41.8 Å². The van der Waals surface area contributed by atoms with Crippen LogP contribution in [0.3, 0.4) is 0 Å². The van der Waals surface area contributed by atoms with E-state index in [9.17, 15) is 13.2 Å². The quantitative estimate of drug-likeness (QED) is 0.752. The molecule has 0 saturated heterocycles. The number of rotatable bonds is 7. The molecule has 1 aliphatic rings. The molecule has 0 spiro atoms. The minimum atomic E-state index is -3.31. The topological polar surface area (TPSA) is 69.7 Å². The van der Waals surface area contributed by atoms with Crippen LogP contribution in [0.25, 0.3) is 0 Å². The second kappa shape index (κ2) is 8.97. The van der Waals surface area contributed by atoms with E-state index in [-0.39, 0.29) is 5.91 Å². The summed E-state index contributed by atoms with van der Waals surface area (Å²) in [5, 5.41) is 2.97. The van der Waals surface area contributed by atoms with Gasteiger partial charge in [0.15, 0.2) is 0 Å². The third-order valence-electron chi connectivity index (χ3n) is 5.30. The normalized spacial score (nSPS) is 14.0. The number of carbonyl (C=O) groups is 1. The van der Waals surface area contributed by atoms with Gasteiger partial charge >= 0.3 is 0 Å². The molecule has 1 heterocycles. The monoisotopic (exact) mass is 415 g/mol. The van der Waals surface area contributed by atoms with Crippen molar-refractivity contribution in [1.82, 2.24) is 4.90 Å². The smallest absolute Gasteiger partial charge is 0.255 e. The van der Waals surface area contributed by atoms with Crippen LogP contribution in [0.4, 0.5) is 11.4 Å². The van der Waals surface area contributed by atoms with Gasteiger partial charge in [-0.2, -0.15) is 0 Å². The number of nitrogens with zero attached hydrogens (tertiary/aromatic N) is 2. The molecule has 29 heavy (non-hydrogen) atoms. The molecule has 1 N–H and O–H groups in total. The summed E-state index contributed by atoms with van der Waals surface area (Å²) in [7, 11) is -3.31. The number of fused-ring (bicyclic) bond motifs is 1. The van der Waals surface area contributed by atoms with Gasteiger partial charge < -0.3 is 5.32 Å². The molecule has 0 unspecified atom stereocenters. The van der Waals surface area contributed by atoms with Crippen molar-refractivity contribution in [2.45, 2.75) is 33.2 Å². The molecule has 0 saturated carbocycles. The zero-order valence-electron chi connectivity index (χ0n) is 17.3. The molecule has 2 aromatic rings. The van der Waals surface area contributed by atoms with Gasteiger partial charge in [0.1, 0.15) is 0 Å². The zero-order chi connectivity index (χ0) is 21.0. The maximum Gasteiger partial charge on any atom is 0.255 e. The first kappa shape index (κ1) is 21.3. The van der Waals surface area contributed by atoms with E-state index in [2.05, 4.69) is 30.1 Å². The maximum absolute atomic E-state index is 12.8. The number of hydrogen-bond acceptors (Lipinski definition) is 4. The Labute approximate surface area is 173 Å². The lowest BCUT2D eigenvalue weighted by Gasteiger charge is -2.29. The third kappa shape index (κ3) is 5.16. The number of anilines is 2. The van der Waals surface area contributed by atoms with E-state index < -0.39 is 10.0 Å². The highest BCUT2D eigenvalue weighted by molar-refractivity contribution is 7.92. The summed E-state index contributed by atoms with van der Waals surface area (Å²) in [6, 6.07) is 13.1. The first-order chi connectivity index (χ1) is 13.8. The fraction of sp³-hybridized carbons (Fsp3) is 0.409. The number of benzene rings is 2. The molecule has 0 aliphatic carbocycles. The number of amides is 1. The lowest BCUT2D eigenvalue weighted by Crippen LogP contribution is -2.34. The van der Waals surface area contributed by atoms with Crippen LogP contribution in [-0.4, -0.2) is 45.1 Å². The third-order valence-corrected chi connectivity index (χ3v) is 6.48. The summed E-state index contributed by atoms with van der Waals surface area (Å²) < 4.78 is 25.4. The summed E-state index contributed by atoms with van der Waals surface area (Å²) in [5.74, 6) is -0.190. The van der Waals surface area contributed by atoms with E-state index in [1.54, 1.807) is 12.1 Å². The first-order valence-corrected chi connectivity index (χ1v) is 11.9. The molecule has 1 amide bonds. The van der Waals surface area contributed by atoms with E-state index in [0.717, 1.165) is 49.3 Å². The minimum absolute atomic E-state index is 0.190. The first-order valence-electron chi connectivity index (χ1n) is 10.0. The van der Waals surface area contributed by atoms with Crippen molar-refractivity contribution < 1.29 is 13.2 Å². The van der Waals surface area contributed by atoms with Gasteiger partial charge in [-0.15, -0.1) is 0 Å². The molecule has 0 atom stereocenters. The number of nitrogens with one attached hydrogen (secondary N) is 1. The fourth-order valence-electron chi connectivity index (χ4n) is 3.70. The Morgan fingerprint density at radius 1 is 1.14 bits per heavy atom. The number of hydrogen-bond donors (Lipinski definition) is 1. The maximum atomic E-state index is 12.8. The van der Waals surface area contributed by atoms with Gasteiger partial charge in [0, 0.05) is 24.3 Å². The second-order valence-electron chi connectivity index (χ2n) is 7.40. The van der Waals surface area contributed by atoms with Crippen molar-refractivity contribution in [3.63, 3.8) is 0 Å². The number of sulfonamides is 1. The predicted molar refractivity (Wildman–Crippen MR) is 118 cm³/mol. The van der Waals surface area contributed by atoms with E-state index in [4.69, 9.17) is 0 Å². The summed E-state index contributed by atoms with van der Waals surface area (Å²) in [6.07, 6.45) is 2.73. The van der Waals surface area contributed by atoms with Crippen LogP contribution in [0.2, 0.25) is 0 Å². The van der Waals surface area contributed by atoms with Crippen LogP contribution >= 0.6 is 0 Å². The van der Waals surface area contributed by atoms with Crippen molar-refractivity contribution in [2.75, 3.05) is 35.5 Å². The predicted octanol–water partition coefficient (Wildman–Crippen LogP) is 3.49. The van der Waals surface area contributed by atoms with E-state index in [0.29, 0.717) is 17.8 Å². The van der Waals surface area contributed by atoms with Crippen molar-refractivity contribution in [1.29, 1.82) is 0 Å². The molecule has 7 heteroatoms. The molecular weight excluding hydrogens is 386 g/mol. The van der Waals surface area contributed by atoms with Crippen LogP contribution in [0.5, 0.6) is 0 Å². The molecular formula is C22H29N3O3S. The molecule has 0 fully saturated rings. The lowest BCUT2D eigenvalue weighted by atomic mass is 10.0. The van der Waals surface area contributed by atoms with Gasteiger partial charge in [0.05, 0.1) is 11.9 Å². The molecule has 0 radical (unpaired) electrons. The van der Waals surface area contributed by atoms with E-state index in [1.165, 1.54) is 10.6 Å². The molecule has 2 aromatic carbocycles. The molecule has 0 bridgehead atoms. The highest BCUT2D eigenvalue weighted by Crippen LogP contribution is 2.30. The van der Waals surface area contributed by atoms with Gasteiger partial charge in [-0.25, -0.2) is 8.42 Å². The largest absolute Gasteiger partial charge is 0.322 e. The molecule has 3 rings (SSSR count). The van der Waals surface area contributed by atoms with Gasteiger partial charge in [-0.3, -0.25) is 14.0 Å². The Kier molecular flexibility index (Phi) is 6.59. The Hall–Kier alpha value is -2.38. The van der Waals surface area contributed by atoms with E-state index >= 15 is 0 Å². The summed E-state index contributed by atoms with van der Waals surface area (Å²) in [4.78, 5) is 15.1. The Balaban J connectivity index is 1.77. The van der Waals surface area contributed by atoms with Crippen LogP contribution in [-0.2, 0) is 23.0 Å². The standard InChI is InChI=1S/C22H29N3O3S/c1-4-24(5-2)16-17-8-6-10-20(14-17)23-22(26)19-11-12-21-18(15-19)9-7-13-25(21)29(3,27)28/h6,8,10-12,14-15H,4-5,7,9,13,16H2,1-3H3,(H,23,26). The average Bonchev–Trinajstić information content (AvgIpc) is 2.70. The Morgan fingerprint density at radius 3 is 2.59 bits per heavy atom. The highest BCUT2D eigenvalue weighted by Gasteiger charge is 2.24. The molecule has 6 nitrogen and oxygen atoms in total. The second-order valence-corrected chi connectivity index (χ2v) is 9.30. The SMILES string of the molecule is CCN(CC)Cc1cccc(NC(=O)c2ccc3c(c2)CCCN3S(C)(=O)=O)c1. The van der Waals surface area contributed by atoms with Gasteiger partial charge in [-0.05, 0) is 67.4 Å². The molecule has 156 valence electrons. The highest BCUT2D eigenvalue weighted by atomic mass is 32.2. The average molecular weight is 416 g/mol. The van der Waals surface area contributed by atoms with Crippen molar-refractivity contribution >= 4 is 27.3 Å². The van der Waals surface area contributed by atoms with Crippen molar-refractivity contribution in [3.8, 4) is 0 Å². The summed E-state index contributed by atoms with van der Waals surface area (Å²) >= 11 is 0. The number of aryl methyl sites for hydroxylation is 1. The summed E-state index contributed by atoms with van der Waals surface area (Å²) in [6.45, 7) is 7.55. The fourth-order valence-corrected chi connectivity index (χ4v) is 4.70. The van der Waals surface area contributed by atoms with Crippen LogP contribution < -0.4 is 9.62 Å². The zero-order valence-corrected chi connectivity index (χ0v) is 18.1. The molecule has 0 aromatic heterocycles. The Morgan fingerprint density at radius 2 is 1.90 bits per heavy atom. The van der Waals surface area contributed by atoms with Crippen molar-refractivity contribution in [3.05, 3.63) is 59.2 Å². The minimum Gasteiger partial charge on any atom is -0.322 e. The van der Waals surface area contributed by atoms with Crippen molar-refractivity contribution in [2.24, 2.45) is 0 Å². The summed E-state index contributed by atoms with van der Waals surface area (Å²) in [5.41, 5.74) is 4.02. The van der Waals surface area contributed by atoms with Crippen LogP contribution in [0, 0.1) is 0 Å².